The molecule has 0 spiro atoms. The summed E-state index contributed by atoms with van der Waals surface area (Å²) in [5, 5.41) is 11.0. The molecule has 2 aromatic rings. The van der Waals surface area contributed by atoms with Crippen LogP contribution in [0.15, 0.2) is 65.2 Å². The topological polar surface area (TPSA) is 69.4 Å². The predicted molar refractivity (Wildman–Crippen MR) is 99.9 cm³/mol. The fourth-order valence-corrected chi connectivity index (χ4v) is 4.62. The first-order chi connectivity index (χ1) is 12.5. The third-order valence-corrected chi connectivity index (χ3v) is 6.02. The zero-order valence-corrected chi connectivity index (χ0v) is 15.4. The van der Waals surface area contributed by atoms with Gasteiger partial charge in [0, 0.05) is 16.6 Å². The maximum absolute atomic E-state index is 12.9. The molecule has 1 aliphatic carbocycles. The number of nitrogens with zero attached hydrogens (tertiary/aromatic N) is 1. The number of carbonyl (C=O) groups excluding carboxylic acids is 1. The Morgan fingerprint density at radius 3 is 2.50 bits per heavy atom. The van der Waals surface area contributed by atoms with Gasteiger partial charge in [-0.1, -0.05) is 58.4 Å². The van der Waals surface area contributed by atoms with Gasteiger partial charge in [-0.15, -0.1) is 0 Å². The highest BCUT2D eigenvalue weighted by Crippen LogP contribution is 2.51. The van der Waals surface area contributed by atoms with Crippen LogP contribution in [-0.2, 0) is 21.4 Å². The van der Waals surface area contributed by atoms with Crippen LogP contribution < -0.4 is 0 Å². The fraction of sp³-hybridized carbons (Fsp3) is 0.250. The number of ether oxygens (including phenoxy) is 1. The normalized spacial score (nSPS) is 27.0. The predicted octanol–water partition coefficient (Wildman–Crippen LogP) is 4.30. The number of non-ortho nitro benzene ring substituents is 1. The summed E-state index contributed by atoms with van der Waals surface area (Å²) in [7, 11) is 0. The maximum Gasteiger partial charge on any atom is 0.321 e. The molecular formula is C20H16BrNO4. The van der Waals surface area contributed by atoms with E-state index in [1.54, 1.807) is 12.1 Å². The molecule has 2 aliphatic heterocycles. The van der Waals surface area contributed by atoms with Crippen molar-refractivity contribution in [2.75, 3.05) is 0 Å². The molecule has 0 aromatic heterocycles. The molecule has 1 saturated heterocycles. The highest BCUT2D eigenvalue weighted by molar-refractivity contribution is 9.11. The Balaban J connectivity index is 1.79. The molecule has 5 nitrogen and oxygen atoms in total. The maximum atomic E-state index is 12.9. The molecule has 0 amide bonds. The molecule has 0 saturated carbocycles. The van der Waals surface area contributed by atoms with Gasteiger partial charge in [0.1, 0.15) is 11.5 Å². The summed E-state index contributed by atoms with van der Waals surface area (Å²) in [6.07, 6.45) is 3.13. The highest BCUT2D eigenvalue weighted by Gasteiger charge is 2.56. The number of rotatable bonds is 4. The second-order valence-electron chi connectivity index (χ2n) is 6.72. The summed E-state index contributed by atoms with van der Waals surface area (Å²) >= 11 is 3.53. The van der Waals surface area contributed by atoms with E-state index in [1.165, 1.54) is 12.1 Å². The number of hydrogen-bond donors (Lipinski definition) is 0. The quantitative estimate of drug-likeness (QED) is 0.425. The first-order valence-electron chi connectivity index (χ1n) is 8.39. The summed E-state index contributed by atoms with van der Waals surface area (Å²) in [4.78, 5) is 23.4. The Kier molecular flexibility index (Phi) is 4.15. The smallest absolute Gasteiger partial charge is 0.321 e. The van der Waals surface area contributed by atoms with Gasteiger partial charge >= 0.3 is 5.97 Å². The van der Waals surface area contributed by atoms with E-state index in [9.17, 15) is 14.9 Å². The number of hydrogen-bond acceptors (Lipinski definition) is 4. The van der Waals surface area contributed by atoms with E-state index in [2.05, 4.69) is 28.1 Å². The zero-order valence-electron chi connectivity index (χ0n) is 13.8. The molecule has 5 rings (SSSR count). The SMILES string of the molecule is O=C1O[C@H]2CC(Cc3ccccc3)[C@]1(c1ccc([N+](=O)[O-])cc1)C=C2Br. The third-order valence-electron chi connectivity index (χ3n) is 5.28. The molecule has 1 unspecified atom stereocenters. The molecule has 0 radical (unpaired) electrons. The van der Waals surface area contributed by atoms with Gasteiger partial charge in [0.05, 0.1) is 4.92 Å². The van der Waals surface area contributed by atoms with Crippen molar-refractivity contribution in [2.45, 2.75) is 24.4 Å². The molecule has 2 aromatic carbocycles. The number of carbonyl (C=O) groups is 1. The summed E-state index contributed by atoms with van der Waals surface area (Å²) < 4.78 is 6.47. The van der Waals surface area contributed by atoms with Crippen LogP contribution in [-0.4, -0.2) is 17.0 Å². The molecule has 2 bridgehead atoms. The van der Waals surface area contributed by atoms with Crippen molar-refractivity contribution in [3.8, 4) is 0 Å². The molecule has 3 atom stereocenters. The second-order valence-corrected chi connectivity index (χ2v) is 7.63. The van der Waals surface area contributed by atoms with E-state index in [-0.39, 0.29) is 23.7 Å². The van der Waals surface area contributed by atoms with Crippen molar-refractivity contribution in [2.24, 2.45) is 5.92 Å². The van der Waals surface area contributed by atoms with Crippen LogP contribution in [0.2, 0.25) is 0 Å². The van der Waals surface area contributed by atoms with E-state index in [1.807, 2.05) is 24.3 Å². The Hall–Kier alpha value is -2.47. The molecule has 1 fully saturated rings. The van der Waals surface area contributed by atoms with E-state index in [4.69, 9.17) is 4.74 Å². The van der Waals surface area contributed by atoms with Gasteiger partial charge in [0.2, 0.25) is 0 Å². The summed E-state index contributed by atoms with van der Waals surface area (Å²) in [5.74, 6) is -0.259. The number of benzene rings is 2. The van der Waals surface area contributed by atoms with E-state index < -0.39 is 10.3 Å². The van der Waals surface area contributed by atoms with Crippen molar-refractivity contribution >= 4 is 27.6 Å². The third kappa shape index (κ3) is 2.65. The fourth-order valence-electron chi connectivity index (χ4n) is 3.98. The van der Waals surface area contributed by atoms with Gasteiger partial charge in [-0.3, -0.25) is 14.9 Å². The van der Waals surface area contributed by atoms with Crippen LogP contribution in [0, 0.1) is 16.0 Å². The summed E-state index contributed by atoms with van der Waals surface area (Å²) in [5.41, 5.74) is 0.955. The lowest BCUT2D eigenvalue weighted by Crippen LogP contribution is -2.54. The Morgan fingerprint density at radius 2 is 1.85 bits per heavy atom. The van der Waals surface area contributed by atoms with Gasteiger partial charge in [-0.05, 0) is 36.0 Å². The lowest BCUT2D eigenvalue weighted by molar-refractivity contribution is -0.384. The van der Waals surface area contributed by atoms with Gasteiger partial charge < -0.3 is 4.74 Å². The molecular weight excluding hydrogens is 398 g/mol. The minimum absolute atomic E-state index is 0.00525. The van der Waals surface area contributed by atoms with Crippen molar-refractivity contribution in [1.29, 1.82) is 0 Å². The number of halogens is 1. The molecule has 3 aliphatic rings. The standard InChI is InChI=1S/C20H16BrNO4/c21-17-12-20(14-6-8-16(9-7-14)22(24)25)15(11-18(17)26-19(20)23)10-13-4-2-1-3-5-13/h1-9,12,15,18H,10-11H2/t15?,18-,20+/m0/s1. The van der Waals surface area contributed by atoms with Crippen molar-refractivity contribution < 1.29 is 14.5 Å². The number of nitro groups is 1. The Morgan fingerprint density at radius 1 is 1.15 bits per heavy atom. The van der Waals surface area contributed by atoms with Gasteiger partial charge in [0.15, 0.2) is 0 Å². The molecule has 0 N–H and O–H groups in total. The van der Waals surface area contributed by atoms with Crippen LogP contribution in [0.3, 0.4) is 0 Å². The van der Waals surface area contributed by atoms with Gasteiger partial charge in [-0.25, -0.2) is 0 Å². The number of fused-ring (bicyclic) bond motifs is 2. The molecule has 132 valence electrons. The van der Waals surface area contributed by atoms with Crippen LogP contribution >= 0.6 is 15.9 Å². The summed E-state index contributed by atoms with van der Waals surface area (Å²) in [6.45, 7) is 0. The average Bonchev–Trinajstić information content (AvgIpc) is 2.64. The van der Waals surface area contributed by atoms with E-state index in [0.29, 0.717) is 6.42 Å². The van der Waals surface area contributed by atoms with E-state index >= 15 is 0 Å². The first kappa shape index (κ1) is 17.0. The Bertz CT molecular complexity index is 894. The number of esters is 1. The first-order valence-corrected chi connectivity index (χ1v) is 9.18. The highest BCUT2D eigenvalue weighted by atomic mass is 79.9. The zero-order chi connectivity index (χ0) is 18.3. The van der Waals surface area contributed by atoms with Crippen LogP contribution in [0.1, 0.15) is 17.5 Å². The molecule has 2 heterocycles. The minimum atomic E-state index is -0.932. The average molecular weight is 414 g/mol. The van der Waals surface area contributed by atoms with Gasteiger partial charge in [-0.2, -0.15) is 0 Å². The van der Waals surface area contributed by atoms with Crippen LogP contribution in [0.5, 0.6) is 0 Å². The summed E-state index contributed by atoms with van der Waals surface area (Å²) in [6, 6.07) is 16.3. The second kappa shape index (κ2) is 6.36. The van der Waals surface area contributed by atoms with Gasteiger partial charge in [0.25, 0.3) is 5.69 Å². The van der Waals surface area contributed by atoms with Crippen LogP contribution in [0.25, 0.3) is 0 Å². The molecule has 26 heavy (non-hydrogen) atoms. The largest absolute Gasteiger partial charge is 0.456 e. The monoisotopic (exact) mass is 413 g/mol. The van der Waals surface area contributed by atoms with Crippen molar-refractivity contribution in [3.63, 3.8) is 0 Å². The van der Waals surface area contributed by atoms with Crippen molar-refractivity contribution in [3.05, 3.63) is 86.4 Å². The number of nitro benzene ring substituents is 1. The Labute approximate surface area is 159 Å². The van der Waals surface area contributed by atoms with E-state index in [0.717, 1.165) is 22.0 Å². The lowest BCUT2D eigenvalue weighted by atomic mass is 9.62. The van der Waals surface area contributed by atoms with Crippen LogP contribution in [0.4, 0.5) is 5.69 Å². The molecule has 6 heteroatoms. The minimum Gasteiger partial charge on any atom is -0.456 e. The van der Waals surface area contributed by atoms with Crippen molar-refractivity contribution in [1.82, 2.24) is 0 Å². The lowest BCUT2D eigenvalue weighted by Gasteiger charge is -2.48.